The summed E-state index contributed by atoms with van der Waals surface area (Å²) in [6.45, 7) is 0. The molecule has 0 aliphatic carbocycles. The van der Waals surface area contributed by atoms with Gasteiger partial charge in [-0.2, -0.15) is 5.10 Å². The van der Waals surface area contributed by atoms with E-state index in [0.29, 0.717) is 16.3 Å². The van der Waals surface area contributed by atoms with Crippen LogP contribution in [0.1, 0.15) is 5.56 Å². The summed E-state index contributed by atoms with van der Waals surface area (Å²) < 4.78 is 12.8. The van der Waals surface area contributed by atoms with E-state index in [-0.39, 0.29) is 16.7 Å². The highest BCUT2D eigenvalue weighted by atomic mass is 35.5. The number of rotatable bonds is 3. The van der Waals surface area contributed by atoms with Crippen molar-refractivity contribution in [1.29, 1.82) is 0 Å². The van der Waals surface area contributed by atoms with Crippen LogP contribution in [0.4, 0.5) is 10.1 Å². The molecule has 2 aromatic rings. The third-order valence-corrected chi connectivity index (χ3v) is 2.89. The normalized spacial score (nSPS) is 10.6. The van der Waals surface area contributed by atoms with Gasteiger partial charge >= 0.3 is 0 Å². The van der Waals surface area contributed by atoms with E-state index in [1.165, 1.54) is 24.4 Å². The number of phenols is 1. The first-order valence-electron chi connectivity index (χ1n) is 5.89. The average molecular weight is 324 g/mol. The second-order valence-electron chi connectivity index (χ2n) is 4.03. The molecule has 0 spiro atoms. The third kappa shape index (κ3) is 4.70. The summed E-state index contributed by atoms with van der Waals surface area (Å²) in [6.07, 6.45) is 1.39. The Balaban J connectivity index is 1.93. The quantitative estimate of drug-likeness (QED) is 0.460. The molecule has 0 amide bonds. The van der Waals surface area contributed by atoms with Gasteiger partial charge in [-0.05, 0) is 54.7 Å². The third-order valence-electron chi connectivity index (χ3n) is 2.46. The smallest absolute Gasteiger partial charge is 0.191 e. The topological polar surface area (TPSA) is 56.7 Å². The van der Waals surface area contributed by atoms with Crippen molar-refractivity contribution in [3.8, 4) is 5.75 Å². The molecule has 0 aliphatic heterocycles. The molecule has 0 radical (unpaired) electrons. The predicted molar refractivity (Wildman–Crippen MR) is 86.5 cm³/mol. The number of hydrazone groups is 1. The molecule has 4 nitrogen and oxygen atoms in total. The molecule has 2 aromatic carbocycles. The second kappa shape index (κ2) is 7.01. The van der Waals surface area contributed by atoms with E-state index >= 15 is 0 Å². The number of thiocarbonyl (C=S) groups is 1. The Morgan fingerprint density at radius 1 is 1.24 bits per heavy atom. The van der Waals surface area contributed by atoms with Gasteiger partial charge in [0.05, 0.1) is 6.21 Å². The number of hydrogen-bond acceptors (Lipinski definition) is 3. The molecule has 2 rings (SSSR count). The minimum absolute atomic E-state index is 0.0577. The van der Waals surface area contributed by atoms with Crippen molar-refractivity contribution in [2.24, 2.45) is 5.10 Å². The molecule has 0 saturated heterocycles. The lowest BCUT2D eigenvalue weighted by Gasteiger charge is -2.06. The van der Waals surface area contributed by atoms with Crippen LogP contribution in [0.3, 0.4) is 0 Å². The van der Waals surface area contributed by atoms with Gasteiger partial charge in [-0.1, -0.05) is 11.6 Å². The molecule has 0 fully saturated rings. The van der Waals surface area contributed by atoms with Crippen LogP contribution >= 0.6 is 23.8 Å². The first kappa shape index (κ1) is 15.2. The zero-order valence-corrected chi connectivity index (χ0v) is 12.2. The number of nitrogens with one attached hydrogen (secondary N) is 2. The van der Waals surface area contributed by atoms with Crippen LogP contribution in [-0.2, 0) is 0 Å². The highest BCUT2D eigenvalue weighted by Gasteiger charge is 2.00. The summed E-state index contributed by atoms with van der Waals surface area (Å²) in [4.78, 5) is 0. The molecule has 108 valence electrons. The largest absolute Gasteiger partial charge is 0.507 e. The molecule has 7 heteroatoms. The van der Waals surface area contributed by atoms with E-state index in [1.807, 2.05) is 0 Å². The van der Waals surface area contributed by atoms with Gasteiger partial charge in [0.1, 0.15) is 11.6 Å². The summed E-state index contributed by atoms with van der Waals surface area (Å²) in [5, 5.41) is 17.0. The molecule has 0 heterocycles. The van der Waals surface area contributed by atoms with E-state index in [4.69, 9.17) is 23.8 Å². The lowest BCUT2D eigenvalue weighted by Crippen LogP contribution is -2.23. The Hall–Kier alpha value is -2.18. The molecule has 0 bridgehead atoms. The van der Waals surface area contributed by atoms with E-state index in [0.717, 1.165) is 0 Å². The van der Waals surface area contributed by atoms with Crippen molar-refractivity contribution in [3.05, 3.63) is 58.9 Å². The van der Waals surface area contributed by atoms with Crippen LogP contribution in [0.25, 0.3) is 0 Å². The number of hydrogen-bond donors (Lipinski definition) is 3. The van der Waals surface area contributed by atoms with Crippen LogP contribution in [0.5, 0.6) is 5.75 Å². The predicted octanol–water partition coefficient (Wildman–Crippen LogP) is 3.51. The van der Waals surface area contributed by atoms with Gasteiger partial charge in [0.25, 0.3) is 0 Å². The molecule has 0 unspecified atom stereocenters. The van der Waals surface area contributed by atoms with E-state index in [1.54, 1.807) is 24.3 Å². The SMILES string of the molecule is Oc1ccc(Cl)cc1C=NNC(=S)Nc1ccc(F)cc1. The molecular formula is C14H11ClFN3OS. The second-order valence-corrected chi connectivity index (χ2v) is 4.88. The van der Waals surface area contributed by atoms with Crippen molar-refractivity contribution >= 4 is 40.8 Å². The van der Waals surface area contributed by atoms with Crippen LogP contribution in [0, 0.1) is 5.82 Å². The van der Waals surface area contributed by atoms with Crippen molar-refractivity contribution in [1.82, 2.24) is 5.43 Å². The van der Waals surface area contributed by atoms with Crippen molar-refractivity contribution in [2.45, 2.75) is 0 Å². The lowest BCUT2D eigenvalue weighted by molar-refractivity contribution is 0.474. The summed E-state index contributed by atoms with van der Waals surface area (Å²) in [5.41, 5.74) is 3.67. The molecular weight excluding hydrogens is 313 g/mol. The molecule has 0 aliphatic rings. The average Bonchev–Trinajstić information content (AvgIpc) is 2.45. The highest BCUT2D eigenvalue weighted by Crippen LogP contribution is 2.19. The Labute approximate surface area is 131 Å². The number of phenolic OH excluding ortho intramolecular Hbond substituents is 1. The summed E-state index contributed by atoms with van der Waals surface area (Å²) in [7, 11) is 0. The van der Waals surface area contributed by atoms with Crippen LogP contribution in [0.15, 0.2) is 47.6 Å². The van der Waals surface area contributed by atoms with Gasteiger partial charge in [-0.3, -0.25) is 5.43 Å². The van der Waals surface area contributed by atoms with Gasteiger partial charge in [0.2, 0.25) is 0 Å². The first-order valence-corrected chi connectivity index (χ1v) is 6.67. The number of aromatic hydroxyl groups is 1. The van der Waals surface area contributed by atoms with Crippen molar-refractivity contribution < 1.29 is 9.50 Å². The maximum atomic E-state index is 12.8. The number of halogens is 2. The van der Waals surface area contributed by atoms with Crippen molar-refractivity contribution in [3.63, 3.8) is 0 Å². The minimum Gasteiger partial charge on any atom is -0.507 e. The fourth-order valence-electron chi connectivity index (χ4n) is 1.48. The maximum absolute atomic E-state index is 12.8. The first-order chi connectivity index (χ1) is 10.0. The molecule has 3 N–H and O–H groups in total. The number of nitrogens with zero attached hydrogens (tertiary/aromatic N) is 1. The minimum atomic E-state index is -0.325. The summed E-state index contributed by atoms with van der Waals surface area (Å²) in [6, 6.07) is 10.3. The fraction of sp³-hybridized carbons (Fsp3) is 0. The van der Waals surface area contributed by atoms with Crippen LogP contribution in [-0.4, -0.2) is 16.4 Å². The van der Waals surface area contributed by atoms with Crippen LogP contribution < -0.4 is 10.7 Å². The van der Waals surface area contributed by atoms with E-state index < -0.39 is 0 Å². The zero-order chi connectivity index (χ0) is 15.2. The van der Waals surface area contributed by atoms with Gasteiger partial charge in [-0.25, -0.2) is 4.39 Å². The number of benzene rings is 2. The van der Waals surface area contributed by atoms with E-state index in [2.05, 4.69) is 15.8 Å². The lowest BCUT2D eigenvalue weighted by atomic mass is 10.2. The van der Waals surface area contributed by atoms with Crippen LogP contribution in [0.2, 0.25) is 5.02 Å². The maximum Gasteiger partial charge on any atom is 0.191 e. The highest BCUT2D eigenvalue weighted by molar-refractivity contribution is 7.80. The molecule has 0 saturated carbocycles. The van der Waals surface area contributed by atoms with Gasteiger partial charge in [0.15, 0.2) is 5.11 Å². The monoisotopic (exact) mass is 323 g/mol. The standard InChI is InChI=1S/C14H11ClFN3OS/c15-10-1-6-13(20)9(7-10)8-17-19-14(21)18-12-4-2-11(16)3-5-12/h1-8,20H,(H2,18,19,21). The van der Waals surface area contributed by atoms with Gasteiger partial charge in [-0.15, -0.1) is 0 Å². The van der Waals surface area contributed by atoms with E-state index in [9.17, 15) is 9.50 Å². The zero-order valence-electron chi connectivity index (χ0n) is 10.7. The Morgan fingerprint density at radius 3 is 2.67 bits per heavy atom. The Bertz CT molecular complexity index is 676. The molecule has 21 heavy (non-hydrogen) atoms. The summed E-state index contributed by atoms with van der Waals surface area (Å²) in [5.74, 6) is -0.267. The molecule has 0 aromatic heterocycles. The number of anilines is 1. The Kier molecular flexibility index (Phi) is 5.08. The fourth-order valence-corrected chi connectivity index (χ4v) is 1.83. The summed E-state index contributed by atoms with van der Waals surface area (Å²) >= 11 is 10.8. The molecule has 0 atom stereocenters. The Morgan fingerprint density at radius 2 is 1.95 bits per heavy atom. The van der Waals surface area contributed by atoms with Crippen molar-refractivity contribution in [2.75, 3.05) is 5.32 Å². The van der Waals surface area contributed by atoms with Gasteiger partial charge < -0.3 is 10.4 Å². The van der Waals surface area contributed by atoms with Gasteiger partial charge in [0, 0.05) is 16.3 Å².